The number of piperazine rings is 1. The first-order valence-corrected chi connectivity index (χ1v) is 12.5. The molecule has 1 heterocycles. The molecule has 34 heavy (non-hydrogen) atoms. The SMILES string of the molecule is O=C(COC(=O)c1cccc(S(=O)(=O)N2CCN(c3ccccc3)CC2)c1)c1ccc(Cl)cc1. The number of carbonyl (C=O) groups excluding carboxylic acids is 2. The minimum Gasteiger partial charge on any atom is -0.454 e. The Balaban J connectivity index is 1.39. The van der Waals surface area contributed by atoms with Gasteiger partial charge in [0, 0.05) is 42.5 Å². The molecule has 1 saturated heterocycles. The van der Waals surface area contributed by atoms with Crippen molar-refractivity contribution in [3.8, 4) is 0 Å². The molecule has 0 N–H and O–H groups in total. The highest BCUT2D eigenvalue weighted by atomic mass is 35.5. The number of ether oxygens (including phenoxy) is 1. The number of sulfonamides is 1. The highest BCUT2D eigenvalue weighted by Gasteiger charge is 2.29. The van der Waals surface area contributed by atoms with E-state index in [1.165, 1.54) is 28.6 Å². The first kappa shape index (κ1) is 23.9. The van der Waals surface area contributed by atoms with E-state index in [1.54, 1.807) is 24.3 Å². The van der Waals surface area contributed by atoms with Crippen LogP contribution in [-0.4, -0.2) is 57.3 Å². The average Bonchev–Trinajstić information content (AvgIpc) is 2.88. The summed E-state index contributed by atoms with van der Waals surface area (Å²) in [6, 6.07) is 21.8. The van der Waals surface area contributed by atoms with Crippen LogP contribution in [0.4, 0.5) is 5.69 Å². The fraction of sp³-hybridized carbons (Fsp3) is 0.200. The second-order valence-electron chi connectivity index (χ2n) is 7.76. The number of hydrogen-bond donors (Lipinski definition) is 0. The highest BCUT2D eigenvalue weighted by Crippen LogP contribution is 2.22. The van der Waals surface area contributed by atoms with E-state index in [2.05, 4.69) is 4.90 Å². The standard InChI is InChI=1S/C25H23ClN2O5S/c26-21-11-9-19(10-12-21)24(29)18-33-25(30)20-5-4-8-23(17-20)34(31,32)28-15-13-27(14-16-28)22-6-2-1-3-7-22/h1-12,17H,13-16,18H2. The van der Waals surface area contributed by atoms with E-state index in [9.17, 15) is 18.0 Å². The smallest absolute Gasteiger partial charge is 0.338 e. The lowest BCUT2D eigenvalue weighted by atomic mass is 10.1. The lowest BCUT2D eigenvalue weighted by Crippen LogP contribution is -2.48. The van der Waals surface area contributed by atoms with Crippen molar-refractivity contribution in [2.45, 2.75) is 4.90 Å². The van der Waals surface area contributed by atoms with Crippen molar-refractivity contribution in [2.24, 2.45) is 0 Å². The second kappa shape index (κ2) is 10.4. The summed E-state index contributed by atoms with van der Waals surface area (Å²) in [6.45, 7) is 1.34. The van der Waals surface area contributed by atoms with E-state index in [1.807, 2.05) is 30.3 Å². The maximum atomic E-state index is 13.2. The summed E-state index contributed by atoms with van der Waals surface area (Å²) in [7, 11) is -3.78. The minimum absolute atomic E-state index is 0.0131. The molecule has 0 amide bonds. The van der Waals surface area contributed by atoms with Gasteiger partial charge in [-0.3, -0.25) is 4.79 Å². The van der Waals surface area contributed by atoms with Gasteiger partial charge in [0.05, 0.1) is 10.5 Å². The number of Topliss-reactive ketones (excluding diaryl/α,β-unsaturated/α-hetero) is 1. The van der Waals surface area contributed by atoms with Crippen molar-refractivity contribution in [1.29, 1.82) is 0 Å². The second-order valence-corrected chi connectivity index (χ2v) is 10.1. The molecule has 1 aliphatic heterocycles. The van der Waals surface area contributed by atoms with Crippen LogP contribution >= 0.6 is 11.6 Å². The number of ketones is 1. The Labute approximate surface area is 203 Å². The van der Waals surface area contributed by atoms with E-state index in [4.69, 9.17) is 16.3 Å². The zero-order chi connectivity index (χ0) is 24.1. The van der Waals surface area contributed by atoms with Crippen molar-refractivity contribution >= 4 is 39.1 Å². The summed E-state index contributed by atoms with van der Waals surface area (Å²) in [5.41, 5.74) is 1.48. The summed E-state index contributed by atoms with van der Waals surface area (Å²) in [5.74, 6) is -1.15. The van der Waals surface area contributed by atoms with Crippen LogP contribution < -0.4 is 4.90 Å². The van der Waals surface area contributed by atoms with E-state index >= 15 is 0 Å². The summed E-state index contributed by atoms with van der Waals surface area (Å²) in [6.07, 6.45) is 0. The molecule has 176 valence electrons. The first-order chi connectivity index (χ1) is 16.3. The largest absolute Gasteiger partial charge is 0.454 e. The average molecular weight is 499 g/mol. The number of benzene rings is 3. The number of carbonyl (C=O) groups is 2. The van der Waals surface area contributed by atoms with Gasteiger partial charge in [-0.2, -0.15) is 4.31 Å². The number of para-hydroxylation sites is 1. The zero-order valence-electron chi connectivity index (χ0n) is 18.3. The quantitative estimate of drug-likeness (QED) is 0.363. The van der Waals surface area contributed by atoms with Gasteiger partial charge < -0.3 is 9.64 Å². The molecule has 0 aliphatic carbocycles. The number of hydrogen-bond acceptors (Lipinski definition) is 6. The van der Waals surface area contributed by atoms with Crippen LogP contribution in [0.5, 0.6) is 0 Å². The molecule has 3 aromatic rings. The van der Waals surface area contributed by atoms with Gasteiger partial charge in [0.25, 0.3) is 0 Å². The van der Waals surface area contributed by atoms with E-state index in [-0.39, 0.29) is 16.2 Å². The summed E-state index contributed by atoms with van der Waals surface area (Å²) in [4.78, 5) is 26.9. The molecule has 7 nitrogen and oxygen atoms in total. The lowest BCUT2D eigenvalue weighted by Gasteiger charge is -2.35. The molecular weight excluding hydrogens is 476 g/mol. The fourth-order valence-electron chi connectivity index (χ4n) is 3.69. The summed E-state index contributed by atoms with van der Waals surface area (Å²) >= 11 is 5.82. The summed E-state index contributed by atoms with van der Waals surface area (Å²) in [5, 5.41) is 0.494. The third kappa shape index (κ3) is 5.47. The molecular formula is C25H23ClN2O5S. The molecule has 0 radical (unpaired) electrons. The molecule has 0 bridgehead atoms. The molecule has 0 unspecified atom stereocenters. The third-order valence-electron chi connectivity index (χ3n) is 5.57. The molecule has 1 fully saturated rings. The van der Waals surface area contributed by atoms with Crippen LogP contribution in [-0.2, 0) is 14.8 Å². The van der Waals surface area contributed by atoms with Crippen molar-refractivity contribution in [3.63, 3.8) is 0 Å². The van der Waals surface area contributed by atoms with Crippen molar-refractivity contribution in [2.75, 3.05) is 37.7 Å². The molecule has 0 aromatic heterocycles. The monoisotopic (exact) mass is 498 g/mol. The lowest BCUT2D eigenvalue weighted by molar-refractivity contribution is 0.0474. The fourth-order valence-corrected chi connectivity index (χ4v) is 5.29. The number of esters is 1. The van der Waals surface area contributed by atoms with Gasteiger partial charge in [0.1, 0.15) is 0 Å². The van der Waals surface area contributed by atoms with Crippen LogP contribution in [0.3, 0.4) is 0 Å². The van der Waals surface area contributed by atoms with Crippen LogP contribution in [0.1, 0.15) is 20.7 Å². The number of halogens is 1. The van der Waals surface area contributed by atoms with Gasteiger partial charge in [-0.05, 0) is 54.6 Å². The van der Waals surface area contributed by atoms with E-state index in [0.717, 1.165) is 5.69 Å². The molecule has 9 heteroatoms. The normalized spacial score (nSPS) is 14.6. The zero-order valence-corrected chi connectivity index (χ0v) is 19.8. The highest BCUT2D eigenvalue weighted by molar-refractivity contribution is 7.89. The molecule has 0 atom stereocenters. The molecule has 4 rings (SSSR count). The van der Waals surface area contributed by atoms with Crippen LogP contribution in [0.15, 0.2) is 83.8 Å². The Kier molecular flexibility index (Phi) is 7.31. The summed E-state index contributed by atoms with van der Waals surface area (Å²) < 4.78 is 32.9. The van der Waals surface area contributed by atoms with Gasteiger partial charge in [0.2, 0.25) is 10.0 Å². The number of nitrogens with zero attached hydrogens (tertiary/aromatic N) is 2. The Bertz CT molecular complexity index is 1270. The molecule has 1 aliphatic rings. The number of anilines is 1. The Morgan fingerprint density at radius 3 is 2.18 bits per heavy atom. The van der Waals surface area contributed by atoms with Gasteiger partial charge >= 0.3 is 5.97 Å². The van der Waals surface area contributed by atoms with Crippen LogP contribution in [0, 0.1) is 0 Å². The minimum atomic E-state index is -3.78. The topological polar surface area (TPSA) is 84.0 Å². The maximum absolute atomic E-state index is 13.2. The van der Waals surface area contributed by atoms with Crippen molar-refractivity contribution in [1.82, 2.24) is 4.31 Å². The predicted molar refractivity (Wildman–Crippen MR) is 130 cm³/mol. The third-order valence-corrected chi connectivity index (χ3v) is 7.71. The van der Waals surface area contributed by atoms with Gasteiger partial charge in [-0.15, -0.1) is 0 Å². The Hall–Kier alpha value is -3.20. The van der Waals surface area contributed by atoms with Crippen LogP contribution in [0.2, 0.25) is 5.02 Å². The van der Waals surface area contributed by atoms with Gasteiger partial charge in [-0.1, -0.05) is 35.9 Å². The van der Waals surface area contributed by atoms with Crippen molar-refractivity contribution < 1.29 is 22.7 Å². The van der Waals surface area contributed by atoms with Gasteiger partial charge in [-0.25, -0.2) is 13.2 Å². The molecule has 0 spiro atoms. The van der Waals surface area contributed by atoms with E-state index in [0.29, 0.717) is 36.8 Å². The maximum Gasteiger partial charge on any atom is 0.338 e. The molecule has 0 saturated carbocycles. The Morgan fingerprint density at radius 1 is 0.824 bits per heavy atom. The van der Waals surface area contributed by atoms with Gasteiger partial charge in [0.15, 0.2) is 12.4 Å². The predicted octanol–water partition coefficient (Wildman–Crippen LogP) is 3.89. The first-order valence-electron chi connectivity index (χ1n) is 10.7. The van der Waals surface area contributed by atoms with Crippen LogP contribution in [0.25, 0.3) is 0 Å². The van der Waals surface area contributed by atoms with E-state index < -0.39 is 22.6 Å². The molecule has 3 aromatic carbocycles. The number of rotatable bonds is 7. The Morgan fingerprint density at radius 2 is 1.50 bits per heavy atom. The van der Waals surface area contributed by atoms with Crippen molar-refractivity contribution in [3.05, 3.63) is 95.0 Å².